The number of ether oxygens (including phenoxy) is 1. The largest absolute Gasteiger partial charge is 0.480 e. The fourth-order valence-electron chi connectivity index (χ4n) is 4.86. The molecule has 0 aromatic rings. The number of carboxylic acid groups (broad SMARTS) is 1. The van der Waals surface area contributed by atoms with E-state index < -0.39 is 5.97 Å². The predicted molar refractivity (Wildman–Crippen MR) is 198 cm³/mol. The van der Waals surface area contributed by atoms with Crippen molar-refractivity contribution in [2.24, 2.45) is 0 Å². The maximum Gasteiger partial charge on any atom is 0.322 e. The van der Waals surface area contributed by atoms with E-state index in [0.29, 0.717) is 25.7 Å². The highest BCUT2D eigenvalue weighted by Gasteiger charge is 2.12. The molecular formula is C41H67NO5. The number of nitrogens with one attached hydrogen (secondary N) is 1. The Morgan fingerprint density at radius 1 is 0.596 bits per heavy atom. The molecule has 0 saturated carbocycles. The molecule has 266 valence electrons. The maximum atomic E-state index is 12.6. The summed E-state index contributed by atoms with van der Waals surface area (Å²) >= 11 is 0. The number of carbonyl (C=O) groups excluding carboxylic acids is 2. The first-order valence-electron chi connectivity index (χ1n) is 18.6. The van der Waals surface area contributed by atoms with Crippen LogP contribution < -0.4 is 5.32 Å². The highest BCUT2D eigenvalue weighted by atomic mass is 16.5. The Morgan fingerprint density at radius 3 is 1.68 bits per heavy atom. The molecule has 0 aliphatic rings. The van der Waals surface area contributed by atoms with E-state index in [9.17, 15) is 14.4 Å². The Kier molecular flexibility index (Phi) is 33.3. The van der Waals surface area contributed by atoms with Gasteiger partial charge in [0.25, 0.3) is 0 Å². The van der Waals surface area contributed by atoms with Crippen molar-refractivity contribution in [3.8, 4) is 0 Å². The van der Waals surface area contributed by atoms with Gasteiger partial charge in [-0.15, -0.1) is 0 Å². The maximum absolute atomic E-state index is 12.6. The molecule has 0 rings (SSSR count). The Hall–Kier alpha value is -3.15. The van der Waals surface area contributed by atoms with E-state index in [2.05, 4.69) is 79.9 Å². The number of allylic oxidation sites excluding steroid dienone is 11. The van der Waals surface area contributed by atoms with Crippen LogP contribution in [0, 0.1) is 0 Å². The number of unbranched alkanes of at least 4 members (excludes halogenated alkanes) is 11. The minimum Gasteiger partial charge on any atom is -0.480 e. The lowest BCUT2D eigenvalue weighted by molar-refractivity contribution is -0.147. The van der Waals surface area contributed by atoms with Crippen molar-refractivity contribution in [1.82, 2.24) is 5.32 Å². The molecule has 1 amide bonds. The molecule has 0 fully saturated rings. The number of carboxylic acids is 1. The minimum atomic E-state index is -1.06. The smallest absolute Gasteiger partial charge is 0.322 e. The second-order valence-corrected chi connectivity index (χ2v) is 12.1. The average Bonchev–Trinajstić information content (AvgIpc) is 3.05. The van der Waals surface area contributed by atoms with Gasteiger partial charge in [-0.1, -0.05) is 126 Å². The highest BCUT2D eigenvalue weighted by Crippen LogP contribution is 2.13. The van der Waals surface area contributed by atoms with Crippen LogP contribution in [-0.2, 0) is 19.1 Å². The van der Waals surface area contributed by atoms with Gasteiger partial charge in [-0.05, 0) is 89.5 Å². The van der Waals surface area contributed by atoms with Crippen LogP contribution in [0.25, 0.3) is 0 Å². The zero-order valence-electron chi connectivity index (χ0n) is 29.8. The van der Waals surface area contributed by atoms with E-state index in [0.717, 1.165) is 57.8 Å². The summed E-state index contributed by atoms with van der Waals surface area (Å²) in [6, 6.07) is 0. The predicted octanol–water partition coefficient (Wildman–Crippen LogP) is 11.1. The molecule has 1 unspecified atom stereocenters. The van der Waals surface area contributed by atoms with Crippen LogP contribution in [0.4, 0.5) is 0 Å². The van der Waals surface area contributed by atoms with Gasteiger partial charge in [0.05, 0.1) is 0 Å². The van der Waals surface area contributed by atoms with Crippen molar-refractivity contribution >= 4 is 17.8 Å². The van der Waals surface area contributed by atoms with Crippen LogP contribution in [0.3, 0.4) is 0 Å². The molecule has 0 aromatic carbocycles. The van der Waals surface area contributed by atoms with E-state index >= 15 is 0 Å². The number of hydrogen-bond donors (Lipinski definition) is 2. The second kappa shape index (κ2) is 35.7. The Balaban J connectivity index is 4.39. The van der Waals surface area contributed by atoms with E-state index in [1.165, 1.54) is 51.4 Å². The first kappa shape index (κ1) is 43.9. The third kappa shape index (κ3) is 35.5. The van der Waals surface area contributed by atoms with Gasteiger partial charge in [-0.2, -0.15) is 0 Å². The molecule has 6 heteroatoms. The van der Waals surface area contributed by atoms with Gasteiger partial charge in [0.15, 0.2) is 0 Å². The molecule has 0 bridgehead atoms. The van der Waals surface area contributed by atoms with E-state index in [1.54, 1.807) is 0 Å². The lowest BCUT2D eigenvalue weighted by Crippen LogP contribution is -2.28. The lowest BCUT2D eigenvalue weighted by atomic mass is 10.1. The van der Waals surface area contributed by atoms with Gasteiger partial charge in [0.2, 0.25) is 5.91 Å². The SMILES string of the molecule is CC/C=C\C/C=C\C/C=C\C/C=C\C/C=C\C(CCCCC(=O)NCC(=O)O)OC(=O)CCCCCCC/C=C\CCCCCCC. The molecule has 47 heavy (non-hydrogen) atoms. The van der Waals surface area contributed by atoms with E-state index in [-0.39, 0.29) is 30.9 Å². The average molecular weight is 654 g/mol. The van der Waals surface area contributed by atoms with Gasteiger partial charge in [0.1, 0.15) is 12.6 Å². The quantitative estimate of drug-likeness (QED) is 0.0428. The summed E-state index contributed by atoms with van der Waals surface area (Å²) in [6.45, 7) is 4.02. The molecule has 0 saturated heterocycles. The third-order valence-electron chi connectivity index (χ3n) is 7.60. The first-order valence-corrected chi connectivity index (χ1v) is 18.6. The molecule has 6 nitrogen and oxygen atoms in total. The molecule has 0 heterocycles. The highest BCUT2D eigenvalue weighted by molar-refractivity contribution is 5.80. The lowest BCUT2D eigenvalue weighted by Gasteiger charge is -2.14. The summed E-state index contributed by atoms with van der Waals surface area (Å²) in [5, 5.41) is 11.1. The summed E-state index contributed by atoms with van der Waals surface area (Å²) in [5.74, 6) is -1.50. The number of hydrogen-bond acceptors (Lipinski definition) is 4. The van der Waals surface area contributed by atoms with Crippen molar-refractivity contribution in [3.63, 3.8) is 0 Å². The van der Waals surface area contributed by atoms with E-state index in [4.69, 9.17) is 9.84 Å². The fourth-order valence-corrected chi connectivity index (χ4v) is 4.86. The number of amides is 1. The van der Waals surface area contributed by atoms with Crippen LogP contribution in [-0.4, -0.2) is 35.6 Å². The summed E-state index contributed by atoms with van der Waals surface area (Å²) in [6.07, 6.45) is 47.4. The normalized spacial score (nSPS) is 12.9. The van der Waals surface area contributed by atoms with Crippen molar-refractivity contribution in [3.05, 3.63) is 72.9 Å². The van der Waals surface area contributed by atoms with Crippen molar-refractivity contribution < 1.29 is 24.2 Å². The molecule has 0 radical (unpaired) electrons. The van der Waals surface area contributed by atoms with Crippen molar-refractivity contribution in [1.29, 1.82) is 0 Å². The van der Waals surface area contributed by atoms with Gasteiger partial charge in [-0.3, -0.25) is 14.4 Å². The van der Waals surface area contributed by atoms with Gasteiger partial charge >= 0.3 is 11.9 Å². The van der Waals surface area contributed by atoms with Crippen LogP contribution in [0.5, 0.6) is 0 Å². The Morgan fingerprint density at radius 2 is 1.11 bits per heavy atom. The second-order valence-electron chi connectivity index (χ2n) is 12.1. The molecule has 0 spiro atoms. The molecule has 0 aliphatic heterocycles. The molecule has 0 aliphatic carbocycles. The Labute approximate surface area is 287 Å². The summed E-state index contributed by atoms with van der Waals surface area (Å²) in [7, 11) is 0. The molecular weight excluding hydrogens is 586 g/mol. The first-order chi connectivity index (χ1) is 23.0. The zero-order chi connectivity index (χ0) is 34.5. The number of carbonyl (C=O) groups is 3. The van der Waals surface area contributed by atoms with Crippen LogP contribution in [0.15, 0.2) is 72.9 Å². The van der Waals surface area contributed by atoms with Gasteiger partial charge in [0, 0.05) is 12.8 Å². The summed E-state index contributed by atoms with van der Waals surface area (Å²) < 4.78 is 5.80. The standard InChI is InChI=1S/C41H67NO5/c1-3-5-7-9-11-13-15-17-19-21-23-25-27-29-33-38(34-31-32-35-39(43)42-37-40(44)45)47-41(46)36-30-28-26-24-22-20-18-16-14-12-10-8-6-4-2/h5,7,11,13,16-19,23,25,29,33,38H,3-4,6,8-10,12,14-15,20-22,24,26-28,30-32,34-37H2,1-2H3,(H,42,43)(H,44,45)/b7-5-,13-11-,18-16-,19-17-,25-23-,33-29-. The van der Waals surface area contributed by atoms with Gasteiger partial charge in [-0.25, -0.2) is 0 Å². The van der Waals surface area contributed by atoms with Crippen molar-refractivity contribution in [2.75, 3.05) is 6.54 Å². The molecule has 0 aromatic heterocycles. The Bertz CT molecular complexity index is 943. The molecule has 2 N–H and O–H groups in total. The van der Waals surface area contributed by atoms with Gasteiger partial charge < -0.3 is 15.2 Å². The van der Waals surface area contributed by atoms with E-state index in [1.807, 2.05) is 12.2 Å². The van der Waals surface area contributed by atoms with Crippen LogP contribution in [0.2, 0.25) is 0 Å². The van der Waals surface area contributed by atoms with Crippen LogP contribution in [0.1, 0.15) is 155 Å². The summed E-state index contributed by atoms with van der Waals surface area (Å²) in [4.78, 5) is 35.0. The topological polar surface area (TPSA) is 92.7 Å². The monoisotopic (exact) mass is 654 g/mol. The molecule has 1 atom stereocenters. The minimum absolute atomic E-state index is 0.170. The number of aliphatic carboxylic acids is 1. The van der Waals surface area contributed by atoms with Crippen molar-refractivity contribution in [2.45, 2.75) is 161 Å². The third-order valence-corrected chi connectivity index (χ3v) is 7.60. The summed E-state index contributed by atoms with van der Waals surface area (Å²) in [5.41, 5.74) is 0. The fraction of sp³-hybridized carbons (Fsp3) is 0.634. The zero-order valence-corrected chi connectivity index (χ0v) is 29.8. The van der Waals surface area contributed by atoms with Crippen LogP contribution >= 0.6 is 0 Å². The number of esters is 1. The number of rotatable bonds is 32.